The van der Waals surface area contributed by atoms with E-state index >= 15 is 0 Å². The molecular formula is C9H11Cl2NO2. The quantitative estimate of drug-likeness (QED) is 0.581. The zero-order valence-electron chi connectivity index (χ0n) is 7.80. The third kappa shape index (κ3) is 4.24. The number of nitrogens with zero attached hydrogens (tertiary/aromatic N) is 1. The largest absolute Gasteiger partial charge is 0.382 e. The molecule has 0 radical (unpaired) electrons. The van der Waals surface area contributed by atoms with Crippen molar-refractivity contribution in [3.8, 4) is 0 Å². The Morgan fingerprint density at radius 1 is 1.21 bits per heavy atom. The van der Waals surface area contributed by atoms with Gasteiger partial charge in [-0.15, -0.1) is 0 Å². The summed E-state index contributed by atoms with van der Waals surface area (Å²) in [6.07, 6.45) is 0. The number of pyridine rings is 1. The predicted molar refractivity (Wildman–Crippen MR) is 55.8 cm³/mol. The van der Waals surface area contributed by atoms with E-state index in [1.807, 2.05) is 0 Å². The van der Waals surface area contributed by atoms with Gasteiger partial charge in [0.2, 0.25) is 0 Å². The van der Waals surface area contributed by atoms with Crippen molar-refractivity contribution in [2.45, 2.75) is 6.61 Å². The molecule has 0 saturated heterocycles. The fraction of sp³-hybridized carbons (Fsp3) is 0.444. The molecule has 14 heavy (non-hydrogen) atoms. The molecule has 3 nitrogen and oxygen atoms in total. The molecule has 0 unspecified atom stereocenters. The van der Waals surface area contributed by atoms with Crippen LogP contribution >= 0.6 is 23.2 Å². The van der Waals surface area contributed by atoms with E-state index in [0.29, 0.717) is 30.1 Å². The topological polar surface area (TPSA) is 31.4 Å². The standard InChI is InChI=1S/C9H11Cl2NO2/c1-13-2-3-14-6-7-4-8(10)12-9(11)5-7/h4-5H,2-3,6H2,1H3. The number of methoxy groups -OCH3 is 1. The third-order valence-corrected chi connectivity index (χ3v) is 1.91. The normalized spacial score (nSPS) is 10.5. The summed E-state index contributed by atoms with van der Waals surface area (Å²) >= 11 is 11.4. The fourth-order valence-electron chi connectivity index (χ4n) is 0.930. The molecule has 1 aromatic heterocycles. The van der Waals surface area contributed by atoms with Crippen LogP contribution in [0, 0.1) is 0 Å². The van der Waals surface area contributed by atoms with E-state index in [0.717, 1.165) is 5.56 Å². The van der Waals surface area contributed by atoms with Crippen molar-refractivity contribution in [2.75, 3.05) is 20.3 Å². The average Bonchev–Trinajstić information content (AvgIpc) is 2.11. The van der Waals surface area contributed by atoms with Crippen molar-refractivity contribution in [2.24, 2.45) is 0 Å². The Morgan fingerprint density at radius 3 is 2.43 bits per heavy atom. The Bertz CT molecular complexity index is 274. The van der Waals surface area contributed by atoms with Gasteiger partial charge < -0.3 is 9.47 Å². The Kier molecular flexibility index (Phi) is 5.19. The highest BCUT2D eigenvalue weighted by molar-refractivity contribution is 6.32. The van der Waals surface area contributed by atoms with Crippen LogP contribution in [0.5, 0.6) is 0 Å². The molecule has 1 rings (SSSR count). The van der Waals surface area contributed by atoms with Gasteiger partial charge in [0.05, 0.1) is 19.8 Å². The van der Waals surface area contributed by atoms with E-state index in [9.17, 15) is 0 Å². The van der Waals surface area contributed by atoms with E-state index in [-0.39, 0.29) is 0 Å². The summed E-state index contributed by atoms with van der Waals surface area (Å²) in [5, 5.41) is 0.755. The average molecular weight is 236 g/mol. The molecule has 0 aliphatic rings. The monoisotopic (exact) mass is 235 g/mol. The first-order valence-electron chi connectivity index (χ1n) is 4.11. The summed E-state index contributed by atoms with van der Waals surface area (Å²) in [7, 11) is 1.63. The van der Waals surface area contributed by atoms with Gasteiger partial charge in [-0.2, -0.15) is 0 Å². The van der Waals surface area contributed by atoms with Crippen LogP contribution in [0.4, 0.5) is 0 Å². The molecule has 0 aromatic carbocycles. The number of hydrogen-bond acceptors (Lipinski definition) is 3. The lowest BCUT2D eigenvalue weighted by Crippen LogP contribution is -2.01. The van der Waals surface area contributed by atoms with Crippen LogP contribution in [-0.2, 0) is 16.1 Å². The molecule has 0 amide bonds. The number of hydrogen-bond donors (Lipinski definition) is 0. The summed E-state index contributed by atoms with van der Waals surface area (Å²) in [6, 6.07) is 3.44. The maximum Gasteiger partial charge on any atom is 0.131 e. The molecule has 0 aliphatic heterocycles. The van der Waals surface area contributed by atoms with Crippen LogP contribution in [0.15, 0.2) is 12.1 Å². The van der Waals surface area contributed by atoms with Gasteiger partial charge in [-0.05, 0) is 17.7 Å². The van der Waals surface area contributed by atoms with Crippen LogP contribution in [0.25, 0.3) is 0 Å². The molecule has 0 saturated carbocycles. The highest BCUT2D eigenvalue weighted by atomic mass is 35.5. The molecule has 78 valence electrons. The summed E-state index contributed by atoms with van der Waals surface area (Å²) in [4.78, 5) is 3.83. The molecular weight excluding hydrogens is 225 g/mol. The molecule has 0 aliphatic carbocycles. The lowest BCUT2D eigenvalue weighted by molar-refractivity contribution is 0.0616. The Balaban J connectivity index is 2.42. The van der Waals surface area contributed by atoms with Crippen LogP contribution in [0.3, 0.4) is 0 Å². The Hall–Kier alpha value is -0.350. The second-order valence-corrected chi connectivity index (χ2v) is 3.44. The third-order valence-electron chi connectivity index (χ3n) is 1.52. The van der Waals surface area contributed by atoms with E-state index in [1.54, 1.807) is 19.2 Å². The van der Waals surface area contributed by atoms with Crippen molar-refractivity contribution in [3.05, 3.63) is 28.0 Å². The number of aromatic nitrogens is 1. The molecule has 1 heterocycles. The van der Waals surface area contributed by atoms with Crippen LogP contribution in [0.2, 0.25) is 10.3 Å². The molecule has 0 bridgehead atoms. The van der Waals surface area contributed by atoms with E-state index in [1.165, 1.54) is 0 Å². The van der Waals surface area contributed by atoms with Crippen molar-refractivity contribution in [1.82, 2.24) is 4.98 Å². The molecule has 0 atom stereocenters. The van der Waals surface area contributed by atoms with E-state index < -0.39 is 0 Å². The van der Waals surface area contributed by atoms with Gasteiger partial charge in [-0.3, -0.25) is 0 Å². The van der Waals surface area contributed by atoms with Gasteiger partial charge >= 0.3 is 0 Å². The van der Waals surface area contributed by atoms with Gasteiger partial charge in [0.15, 0.2) is 0 Å². The van der Waals surface area contributed by atoms with Crippen molar-refractivity contribution >= 4 is 23.2 Å². The minimum atomic E-state index is 0.378. The first kappa shape index (κ1) is 11.7. The van der Waals surface area contributed by atoms with Crippen molar-refractivity contribution in [3.63, 3.8) is 0 Å². The van der Waals surface area contributed by atoms with Gasteiger partial charge in [-0.1, -0.05) is 23.2 Å². The molecule has 5 heteroatoms. The lowest BCUT2D eigenvalue weighted by atomic mass is 10.3. The zero-order chi connectivity index (χ0) is 10.4. The van der Waals surface area contributed by atoms with Crippen molar-refractivity contribution < 1.29 is 9.47 Å². The van der Waals surface area contributed by atoms with Crippen molar-refractivity contribution in [1.29, 1.82) is 0 Å². The smallest absolute Gasteiger partial charge is 0.131 e. The first-order valence-corrected chi connectivity index (χ1v) is 4.86. The summed E-state index contributed by atoms with van der Waals surface area (Å²) in [5.74, 6) is 0. The zero-order valence-corrected chi connectivity index (χ0v) is 9.31. The fourth-order valence-corrected chi connectivity index (χ4v) is 1.44. The second kappa shape index (κ2) is 6.19. The SMILES string of the molecule is COCCOCc1cc(Cl)nc(Cl)c1. The summed E-state index contributed by atoms with van der Waals surface area (Å²) in [5.41, 5.74) is 0.908. The van der Waals surface area contributed by atoms with Crippen LogP contribution in [0.1, 0.15) is 5.56 Å². The number of halogens is 2. The maximum absolute atomic E-state index is 5.71. The van der Waals surface area contributed by atoms with E-state index in [4.69, 9.17) is 32.7 Å². The Labute approximate surface area is 92.9 Å². The summed E-state index contributed by atoms with van der Waals surface area (Å²) in [6.45, 7) is 1.59. The minimum absolute atomic E-state index is 0.378. The molecule has 0 fully saturated rings. The molecule has 0 spiro atoms. The number of ether oxygens (including phenoxy) is 2. The Morgan fingerprint density at radius 2 is 1.86 bits per heavy atom. The second-order valence-electron chi connectivity index (χ2n) is 2.67. The van der Waals surface area contributed by atoms with Gasteiger partial charge in [0.25, 0.3) is 0 Å². The molecule has 0 N–H and O–H groups in total. The highest BCUT2D eigenvalue weighted by Gasteiger charge is 1.99. The maximum atomic E-state index is 5.71. The first-order chi connectivity index (χ1) is 6.72. The highest BCUT2D eigenvalue weighted by Crippen LogP contribution is 2.15. The summed E-state index contributed by atoms with van der Waals surface area (Å²) < 4.78 is 10.1. The predicted octanol–water partition coefficient (Wildman–Crippen LogP) is 2.55. The minimum Gasteiger partial charge on any atom is -0.382 e. The lowest BCUT2D eigenvalue weighted by Gasteiger charge is -2.04. The van der Waals surface area contributed by atoms with Gasteiger partial charge in [0.1, 0.15) is 10.3 Å². The van der Waals surface area contributed by atoms with Crippen LogP contribution < -0.4 is 0 Å². The van der Waals surface area contributed by atoms with E-state index in [2.05, 4.69) is 4.98 Å². The molecule has 1 aromatic rings. The number of rotatable bonds is 5. The van der Waals surface area contributed by atoms with Gasteiger partial charge in [-0.25, -0.2) is 4.98 Å². The van der Waals surface area contributed by atoms with Gasteiger partial charge in [0, 0.05) is 7.11 Å². The van der Waals surface area contributed by atoms with Crippen LogP contribution in [-0.4, -0.2) is 25.3 Å².